The topological polar surface area (TPSA) is 75.4 Å². The van der Waals surface area contributed by atoms with E-state index in [9.17, 15) is 13.5 Å². The van der Waals surface area contributed by atoms with E-state index in [1.807, 2.05) is 29.0 Å². The maximum Gasteiger partial charge on any atom is 0.243 e. The number of rotatable bonds is 4. The molecule has 3 aromatic rings. The number of sulfonamides is 1. The fourth-order valence-electron chi connectivity index (χ4n) is 3.79. The van der Waals surface area contributed by atoms with Crippen LogP contribution in [0.1, 0.15) is 18.4 Å². The van der Waals surface area contributed by atoms with Crippen LogP contribution in [-0.2, 0) is 16.6 Å². The van der Waals surface area contributed by atoms with E-state index in [4.69, 9.17) is 11.6 Å². The molecule has 0 aliphatic carbocycles. The summed E-state index contributed by atoms with van der Waals surface area (Å²) in [6.45, 7) is 2.76. The number of piperidine rings is 1. The van der Waals surface area contributed by atoms with Crippen LogP contribution in [0.5, 0.6) is 0 Å². The van der Waals surface area contributed by atoms with Gasteiger partial charge in [-0.3, -0.25) is 0 Å². The van der Waals surface area contributed by atoms with Crippen LogP contribution in [0.15, 0.2) is 53.6 Å². The van der Waals surface area contributed by atoms with E-state index in [0.717, 1.165) is 16.6 Å². The molecule has 1 N–H and O–H groups in total. The number of hydrogen-bond donors (Lipinski definition) is 1. The highest BCUT2D eigenvalue weighted by atomic mass is 35.5. The summed E-state index contributed by atoms with van der Waals surface area (Å²) < 4.78 is 29.3. The third-order valence-corrected chi connectivity index (χ3v) is 7.69. The van der Waals surface area contributed by atoms with Gasteiger partial charge in [0, 0.05) is 19.3 Å². The number of hydrogen-bond acceptors (Lipinski definition) is 4. The van der Waals surface area contributed by atoms with Crippen molar-refractivity contribution >= 4 is 32.7 Å². The molecule has 4 rings (SSSR count). The van der Waals surface area contributed by atoms with Gasteiger partial charge in [-0.15, -0.1) is 0 Å². The Kier molecular flexibility index (Phi) is 4.95. The van der Waals surface area contributed by atoms with Gasteiger partial charge < -0.3 is 9.67 Å². The maximum atomic E-state index is 13.0. The highest BCUT2D eigenvalue weighted by Crippen LogP contribution is 2.30. The largest absolute Gasteiger partial charge is 0.388 e. The second-order valence-corrected chi connectivity index (χ2v) is 9.67. The van der Waals surface area contributed by atoms with Crippen molar-refractivity contribution in [3.05, 3.63) is 59.4 Å². The van der Waals surface area contributed by atoms with Gasteiger partial charge in [0.1, 0.15) is 5.15 Å². The van der Waals surface area contributed by atoms with Crippen LogP contribution in [0.2, 0.25) is 5.15 Å². The number of aromatic nitrogens is 2. The van der Waals surface area contributed by atoms with Gasteiger partial charge in [0.05, 0.1) is 28.1 Å². The lowest BCUT2D eigenvalue weighted by molar-refractivity contribution is -0.0185. The third-order valence-electron chi connectivity index (χ3n) is 5.42. The predicted molar refractivity (Wildman–Crippen MR) is 109 cm³/mol. The molecular weight excluding hydrogens is 398 g/mol. The highest BCUT2D eigenvalue weighted by Gasteiger charge is 2.37. The number of aliphatic hydroxyl groups is 1. The van der Waals surface area contributed by atoms with Gasteiger partial charge in [-0.05, 0) is 49.6 Å². The monoisotopic (exact) mass is 419 g/mol. The molecule has 1 fully saturated rings. The van der Waals surface area contributed by atoms with Crippen molar-refractivity contribution in [2.45, 2.75) is 36.8 Å². The van der Waals surface area contributed by atoms with E-state index >= 15 is 0 Å². The Morgan fingerprint density at radius 2 is 1.86 bits per heavy atom. The summed E-state index contributed by atoms with van der Waals surface area (Å²) in [4.78, 5) is 4.61. The van der Waals surface area contributed by atoms with Crippen LogP contribution in [0.25, 0.3) is 11.0 Å². The molecule has 0 bridgehead atoms. The van der Waals surface area contributed by atoms with E-state index in [1.54, 1.807) is 31.2 Å². The molecule has 148 valence electrons. The molecule has 1 aromatic carbocycles. The summed E-state index contributed by atoms with van der Waals surface area (Å²) in [5, 5.41) is 11.5. The van der Waals surface area contributed by atoms with Gasteiger partial charge in [0.2, 0.25) is 10.0 Å². The second-order valence-electron chi connectivity index (χ2n) is 7.38. The minimum absolute atomic E-state index is 0.288. The molecule has 3 heterocycles. The van der Waals surface area contributed by atoms with Crippen molar-refractivity contribution in [2.24, 2.45) is 0 Å². The fraction of sp³-hybridized carbons (Fsp3) is 0.350. The van der Waals surface area contributed by atoms with Crippen molar-refractivity contribution in [3.8, 4) is 0 Å². The first-order chi connectivity index (χ1) is 13.3. The van der Waals surface area contributed by atoms with Gasteiger partial charge in [-0.1, -0.05) is 29.8 Å². The van der Waals surface area contributed by atoms with Crippen LogP contribution >= 0.6 is 11.6 Å². The Hall–Kier alpha value is -1.93. The van der Waals surface area contributed by atoms with Crippen molar-refractivity contribution in [1.29, 1.82) is 0 Å². The minimum atomic E-state index is -3.55. The summed E-state index contributed by atoms with van der Waals surface area (Å²) in [5.74, 6) is 0. The van der Waals surface area contributed by atoms with Gasteiger partial charge in [0.25, 0.3) is 0 Å². The first-order valence-corrected chi connectivity index (χ1v) is 11.0. The molecule has 0 atom stereocenters. The molecule has 0 spiro atoms. The molecule has 8 heteroatoms. The maximum absolute atomic E-state index is 13.0. The lowest BCUT2D eigenvalue weighted by Crippen LogP contribution is -2.48. The lowest BCUT2D eigenvalue weighted by atomic mass is 9.92. The van der Waals surface area contributed by atoms with Crippen LogP contribution in [0.3, 0.4) is 0 Å². The number of fused-ring (bicyclic) bond motifs is 1. The first kappa shape index (κ1) is 19.4. The zero-order valence-electron chi connectivity index (χ0n) is 15.5. The van der Waals surface area contributed by atoms with Crippen molar-refractivity contribution in [3.63, 3.8) is 0 Å². The van der Waals surface area contributed by atoms with E-state index in [2.05, 4.69) is 4.98 Å². The number of pyridine rings is 1. The Morgan fingerprint density at radius 1 is 1.14 bits per heavy atom. The van der Waals surface area contributed by atoms with Crippen LogP contribution in [-0.4, -0.2) is 46.1 Å². The molecule has 2 aromatic heterocycles. The zero-order chi connectivity index (χ0) is 19.9. The number of aryl methyl sites for hydroxylation is 1. The highest BCUT2D eigenvalue weighted by molar-refractivity contribution is 7.89. The van der Waals surface area contributed by atoms with E-state index < -0.39 is 15.6 Å². The summed E-state index contributed by atoms with van der Waals surface area (Å²) in [5.41, 5.74) is 1.43. The average molecular weight is 420 g/mol. The van der Waals surface area contributed by atoms with Gasteiger partial charge in [0.15, 0.2) is 0 Å². The predicted octanol–water partition coefficient (Wildman–Crippen LogP) is 3.21. The summed E-state index contributed by atoms with van der Waals surface area (Å²) in [6.07, 6.45) is 2.63. The van der Waals surface area contributed by atoms with Gasteiger partial charge in [-0.2, -0.15) is 4.31 Å². The summed E-state index contributed by atoms with van der Waals surface area (Å²) >= 11 is 5.94. The molecule has 1 saturated heterocycles. The molecule has 0 unspecified atom stereocenters. The normalized spacial score (nSPS) is 17.8. The SMILES string of the molecule is Cc1ccccc1S(=O)(=O)N1CCC(O)(Cn2ccc3nc(Cl)ccc32)CC1. The average Bonchev–Trinajstić information content (AvgIpc) is 3.03. The lowest BCUT2D eigenvalue weighted by Gasteiger charge is -2.38. The smallest absolute Gasteiger partial charge is 0.243 e. The standard InChI is InChI=1S/C20H22ClN3O3S/c1-15-4-2-3-5-18(15)28(26,27)24-12-9-20(25,10-13-24)14-23-11-8-16-17(23)6-7-19(21)22-16/h2-8,11,25H,9-10,12-14H2,1H3. The Bertz CT molecular complexity index is 1120. The Morgan fingerprint density at radius 3 is 2.57 bits per heavy atom. The summed E-state index contributed by atoms with van der Waals surface area (Å²) in [7, 11) is -3.55. The molecular formula is C20H22ClN3O3S. The molecule has 1 aliphatic heterocycles. The molecule has 0 saturated carbocycles. The number of halogens is 1. The second kappa shape index (κ2) is 7.15. The van der Waals surface area contributed by atoms with Gasteiger partial charge >= 0.3 is 0 Å². The Balaban J connectivity index is 1.50. The van der Waals surface area contributed by atoms with Crippen LogP contribution in [0, 0.1) is 6.92 Å². The zero-order valence-corrected chi connectivity index (χ0v) is 17.1. The van der Waals surface area contributed by atoms with Crippen molar-refractivity contribution in [2.75, 3.05) is 13.1 Å². The fourth-order valence-corrected chi connectivity index (χ4v) is 5.61. The van der Waals surface area contributed by atoms with Crippen molar-refractivity contribution < 1.29 is 13.5 Å². The molecule has 0 radical (unpaired) electrons. The molecule has 28 heavy (non-hydrogen) atoms. The first-order valence-electron chi connectivity index (χ1n) is 9.18. The molecule has 6 nitrogen and oxygen atoms in total. The Labute approximate surface area is 169 Å². The van der Waals surface area contributed by atoms with Gasteiger partial charge in [-0.25, -0.2) is 13.4 Å². The van der Waals surface area contributed by atoms with Crippen LogP contribution < -0.4 is 0 Å². The quantitative estimate of drug-likeness (QED) is 0.659. The van der Waals surface area contributed by atoms with Crippen molar-refractivity contribution in [1.82, 2.24) is 13.9 Å². The van der Waals surface area contributed by atoms with E-state index in [-0.39, 0.29) is 13.1 Å². The third kappa shape index (κ3) is 3.55. The summed E-state index contributed by atoms with van der Waals surface area (Å²) in [6, 6.07) is 12.5. The molecule has 1 aliphatic rings. The van der Waals surface area contributed by atoms with E-state index in [0.29, 0.717) is 29.4 Å². The number of nitrogens with zero attached hydrogens (tertiary/aromatic N) is 3. The van der Waals surface area contributed by atoms with E-state index in [1.165, 1.54) is 4.31 Å². The van der Waals surface area contributed by atoms with Crippen LogP contribution in [0.4, 0.5) is 0 Å². The number of benzene rings is 1. The molecule has 0 amide bonds. The minimum Gasteiger partial charge on any atom is -0.388 e.